The molecule has 0 amide bonds. The average Bonchev–Trinajstić information content (AvgIpc) is 2.25. The van der Waals surface area contributed by atoms with E-state index in [-0.39, 0.29) is 5.92 Å². The van der Waals surface area contributed by atoms with Crippen LogP contribution in [-0.2, 0) is 4.79 Å². The maximum atomic E-state index is 10.9. The number of hydrogen-bond donors (Lipinski definition) is 0. The van der Waals surface area contributed by atoms with Gasteiger partial charge in [0.1, 0.15) is 6.29 Å². The summed E-state index contributed by atoms with van der Waals surface area (Å²) in [7, 11) is 0. The van der Waals surface area contributed by atoms with Crippen molar-refractivity contribution < 1.29 is 4.79 Å². The van der Waals surface area contributed by atoms with Crippen molar-refractivity contribution >= 4 is 6.29 Å². The molecule has 0 radical (unpaired) electrons. The molecule has 1 fully saturated rings. The van der Waals surface area contributed by atoms with E-state index in [1.165, 1.54) is 6.42 Å². The smallest absolute Gasteiger partial charge is 0.123 e. The number of aldehydes is 1. The standard InChI is InChI=1S/C14H20O/c1-3-4-5-6-7-13-10-12(2)8-9-14(13)11-15/h3-7,11-14H,1,8-10H2,2H3/b5-4+,7-6+/t12-,13-,14+/m1/s1. The minimum absolute atomic E-state index is 0.231. The van der Waals surface area contributed by atoms with Gasteiger partial charge in [-0.3, -0.25) is 0 Å². The lowest BCUT2D eigenvalue weighted by Crippen LogP contribution is -2.23. The van der Waals surface area contributed by atoms with Gasteiger partial charge < -0.3 is 4.79 Å². The van der Waals surface area contributed by atoms with Gasteiger partial charge in [0.05, 0.1) is 0 Å². The second-order valence-corrected chi connectivity index (χ2v) is 4.39. The van der Waals surface area contributed by atoms with Crippen LogP contribution in [0.15, 0.2) is 37.0 Å². The molecule has 0 aromatic carbocycles. The Bertz CT molecular complexity index is 263. The van der Waals surface area contributed by atoms with E-state index < -0.39 is 0 Å². The number of carbonyl (C=O) groups excluding carboxylic acids is 1. The molecule has 1 heteroatoms. The molecule has 0 aromatic rings. The van der Waals surface area contributed by atoms with Crippen LogP contribution in [-0.4, -0.2) is 6.29 Å². The Morgan fingerprint density at radius 1 is 1.13 bits per heavy atom. The first-order valence-electron chi connectivity index (χ1n) is 5.69. The second kappa shape index (κ2) is 6.39. The highest BCUT2D eigenvalue weighted by Crippen LogP contribution is 2.33. The van der Waals surface area contributed by atoms with E-state index in [1.54, 1.807) is 6.08 Å². The Morgan fingerprint density at radius 2 is 1.93 bits per heavy atom. The number of carbonyl (C=O) groups is 1. The molecule has 0 aromatic heterocycles. The van der Waals surface area contributed by atoms with Crippen LogP contribution < -0.4 is 0 Å². The van der Waals surface area contributed by atoms with Gasteiger partial charge >= 0.3 is 0 Å². The van der Waals surface area contributed by atoms with Crippen LogP contribution >= 0.6 is 0 Å². The molecule has 1 saturated carbocycles. The monoisotopic (exact) mass is 204 g/mol. The minimum atomic E-state index is 0.231. The minimum Gasteiger partial charge on any atom is -0.303 e. The fraction of sp³-hybridized carbons (Fsp3) is 0.500. The molecule has 0 bridgehead atoms. The van der Waals surface area contributed by atoms with E-state index in [0.29, 0.717) is 5.92 Å². The van der Waals surface area contributed by atoms with Gasteiger partial charge in [-0.05, 0) is 31.1 Å². The van der Waals surface area contributed by atoms with Crippen molar-refractivity contribution in [3.63, 3.8) is 0 Å². The van der Waals surface area contributed by atoms with Crippen molar-refractivity contribution in [2.45, 2.75) is 26.2 Å². The molecule has 82 valence electrons. The Hall–Kier alpha value is -1.11. The molecule has 0 saturated heterocycles. The summed E-state index contributed by atoms with van der Waals surface area (Å²) in [5.41, 5.74) is 0. The summed E-state index contributed by atoms with van der Waals surface area (Å²) in [5, 5.41) is 0. The van der Waals surface area contributed by atoms with Crippen LogP contribution in [0.1, 0.15) is 26.2 Å². The summed E-state index contributed by atoms with van der Waals surface area (Å²) >= 11 is 0. The fourth-order valence-electron chi connectivity index (χ4n) is 2.19. The Morgan fingerprint density at radius 3 is 2.60 bits per heavy atom. The number of rotatable bonds is 4. The molecule has 0 unspecified atom stereocenters. The van der Waals surface area contributed by atoms with Crippen LogP contribution in [0.25, 0.3) is 0 Å². The van der Waals surface area contributed by atoms with E-state index in [9.17, 15) is 4.79 Å². The first kappa shape index (κ1) is 12.0. The molecular weight excluding hydrogens is 184 g/mol. The van der Waals surface area contributed by atoms with Crippen molar-refractivity contribution in [3.05, 3.63) is 37.0 Å². The number of allylic oxidation sites excluding steroid dienone is 5. The zero-order valence-electron chi connectivity index (χ0n) is 9.43. The molecule has 1 aliphatic rings. The summed E-state index contributed by atoms with van der Waals surface area (Å²) in [6, 6.07) is 0. The fourth-order valence-corrected chi connectivity index (χ4v) is 2.19. The topological polar surface area (TPSA) is 17.1 Å². The molecule has 0 N–H and O–H groups in total. The highest BCUT2D eigenvalue weighted by Gasteiger charge is 2.25. The largest absolute Gasteiger partial charge is 0.303 e. The molecular formula is C14H20O. The van der Waals surface area contributed by atoms with Gasteiger partial charge in [-0.15, -0.1) is 0 Å². The van der Waals surface area contributed by atoms with Gasteiger partial charge in [-0.1, -0.05) is 43.9 Å². The first-order valence-corrected chi connectivity index (χ1v) is 5.69. The van der Waals surface area contributed by atoms with E-state index in [1.807, 2.05) is 18.2 Å². The normalized spacial score (nSPS) is 32.2. The van der Waals surface area contributed by atoms with Gasteiger partial charge in [0, 0.05) is 5.92 Å². The molecule has 0 aliphatic heterocycles. The molecule has 15 heavy (non-hydrogen) atoms. The van der Waals surface area contributed by atoms with E-state index in [4.69, 9.17) is 0 Å². The van der Waals surface area contributed by atoms with Gasteiger partial charge in [-0.25, -0.2) is 0 Å². The number of hydrogen-bond acceptors (Lipinski definition) is 1. The van der Waals surface area contributed by atoms with Crippen molar-refractivity contribution in [3.8, 4) is 0 Å². The molecule has 0 heterocycles. The molecule has 1 nitrogen and oxygen atoms in total. The SMILES string of the molecule is C=C/C=C/C=C/[C@@H]1C[C@H](C)CC[C@H]1C=O. The maximum Gasteiger partial charge on any atom is 0.123 e. The molecule has 1 aliphatic carbocycles. The van der Waals surface area contributed by atoms with Gasteiger partial charge in [0.15, 0.2) is 0 Å². The third-order valence-corrected chi connectivity index (χ3v) is 3.11. The predicted octanol–water partition coefficient (Wildman–Crippen LogP) is 3.54. The summed E-state index contributed by atoms with van der Waals surface area (Å²) in [6.07, 6.45) is 14.3. The lowest BCUT2D eigenvalue weighted by Gasteiger charge is -2.29. The van der Waals surface area contributed by atoms with Crippen LogP contribution in [0.4, 0.5) is 0 Å². The van der Waals surface area contributed by atoms with Crippen molar-refractivity contribution in [1.82, 2.24) is 0 Å². The quantitative estimate of drug-likeness (QED) is 0.505. The van der Waals surface area contributed by atoms with Crippen LogP contribution in [0.3, 0.4) is 0 Å². The summed E-state index contributed by atoms with van der Waals surface area (Å²) in [4.78, 5) is 10.9. The molecule has 1 rings (SSSR count). The van der Waals surface area contributed by atoms with E-state index in [2.05, 4.69) is 19.6 Å². The van der Waals surface area contributed by atoms with Crippen LogP contribution in [0.5, 0.6) is 0 Å². The summed E-state index contributed by atoms with van der Waals surface area (Å²) in [6.45, 7) is 5.88. The van der Waals surface area contributed by atoms with Crippen LogP contribution in [0, 0.1) is 17.8 Å². The van der Waals surface area contributed by atoms with Gasteiger partial charge in [-0.2, -0.15) is 0 Å². The zero-order valence-corrected chi connectivity index (χ0v) is 9.43. The lowest BCUT2D eigenvalue weighted by molar-refractivity contribution is -0.113. The van der Waals surface area contributed by atoms with Gasteiger partial charge in [0.25, 0.3) is 0 Å². The van der Waals surface area contributed by atoms with Crippen molar-refractivity contribution in [2.24, 2.45) is 17.8 Å². The van der Waals surface area contributed by atoms with Crippen molar-refractivity contribution in [2.75, 3.05) is 0 Å². The van der Waals surface area contributed by atoms with E-state index >= 15 is 0 Å². The van der Waals surface area contributed by atoms with Gasteiger partial charge in [0.2, 0.25) is 0 Å². The highest BCUT2D eigenvalue weighted by molar-refractivity contribution is 5.54. The molecule has 3 atom stereocenters. The van der Waals surface area contributed by atoms with Crippen molar-refractivity contribution in [1.29, 1.82) is 0 Å². The van der Waals surface area contributed by atoms with Crippen LogP contribution in [0.2, 0.25) is 0 Å². The Balaban J connectivity index is 2.55. The summed E-state index contributed by atoms with van der Waals surface area (Å²) in [5.74, 6) is 1.41. The van der Waals surface area contributed by atoms with E-state index in [0.717, 1.165) is 25.0 Å². The second-order valence-electron chi connectivity index (χ2n) is 4.39. The molecule has 0 spiro atoms. The average molecular weight is 204 g/mol. The third kappa shape index (κ3) is 3.86. The highest BCUT2D eigenvalue weighted by atomic mass is 16.1. The third-order valence-electron chi connectivity index (χ3n) is 3.11. The Labute approximate surface area is 92.6 Å². The zero-order chi connectivity index (χ0) is 11.1. The maximum absolute atomic E-state index is 10.9. The lowest BCUT2D eigenvalue weighted by atomic mass is 9.75. The first-order chi connectivity index (χ1) is 7.27. The summed E-state index contributed by atoms with van der Waals surface area (Å²) < 4.78 is 0. The predicted molar refractivity (Wildman–Crippen MR) is 64.5 cm³/mol. The Kier molecular flexibility index (Phi) is 5.09.